The molecule has 0 radical (unpaired) electrons. The molecule has 7 nitrogen and oxygen atoms in total. The summed E-state index contributed by atoms with van der Waals surface area (Å²) >= 11 is 0. The molecule has 3 N–H and O–H groups in total. The number of amides is 3. The van der Waals surface area contributed by atoms with Crippen molar-refractivity contribution in [3.63, 3.8) is 0 Å². The summed E-state index contributed by atoms with van der Waals surface area (Å²) in [7, 11) is 0. The van der Waals surface area contributed by atoms with E-state index in [0.717, 1.165) is 5.56 Å². The minimum Gasteiger partial charge on any atom is -0.444 e. The number of alkyl carbamates (subject to hydrolysis) is 1. The molecule has 28 heavy (non-hydrogen) atoms. The fourth-order valence-corrected chi connectivity index (χ4v) is 2.38. The minimum absolute atomic E-state index is 0.243. The average molecular weight is 383 g/mol. The molecular formula is C21H25N3O4. The Morgan fingerprint density at radius 2 is 1.46 bits per heavy atom. The molecule has 0 heterocycles. The van der Waals surface area contributed by atoms with E-state index < -0.39 is 29.6 Å². The average Bonchev–Trinajstić information content (AvgIpc) is 2.65. The van der Waals surface area contributed by atoms with Crippen LogP contribution in [0.3, 0.4) is 0 Å². The van der Waals surface area contributed by atoms with Gasteiger partial charge in [-0.1, -0.05) is 48.5 Å². The number of carbonyl (C=O) groups excluding carboxylic acids is 3. The zero-order valence-electron chi connectivity index (χ0n) is 16.2. The quantitative estimate of drug-likeness (QED) is 0.692. The Bertz CT molecular complexity index is 801. The van der Waals surface area contributed by atoms with Gasteiger partial charge in [0.2, 0.25) is 0 Å². The molecule has 0 spiro atoms. The van der Waals surface area contributed by atoms with Crippen molar-refractivity contribution >= 4 is 17.9 Å². The summed E-state index contributed by atoms with van der Waals surface area (Å²) < 4.78 is 5.23. The highest BCUT2D eigenvalue weighted by Gasteiger charge is 2.25. The zero-order valence-corrected chi connectivity index (χ0v) is 16.2. The zero-order chi connectivity index (χ0) is 20.6. The van der Waals surface area contributed by atoms with Gasteiger partial charge in [-0.15, -0.1) is 0 Å². The molecule has 148 valence electrons. The first-order chi connectivity index (χ1) is 13.2. The predicted molar refractivity (Wildman–Crippen MR) is 105 cm³/mol. The van der Waals surface area contributed by atoms with E-state index >= 15 is 0 Å². The number of hydrogen-bond acceptors (Lipinski definition) is 4. The van der Waals surface area contributed by atoms with Gasteiger partial charge in [0.05, 0.1) is 0 Å². The normalized spacial score (nSPS) is 11.8. The van der Waals surface area contributed by atoms with E-state index in [0.29, 0.717) is 5.56 Å². The van der Waals surface area contributed by atoms with Crippen LogP contribution in [-0.2, 0) is 16.0 Å². The predicted octanol–water partition coefficient (Wildman–Crippen LogP) is 2.58. The Kier molecular flexibility index (Phi) is 7.14. The van der Waals surface area contributed by atoms with Gasteiger partial charge in [-0.3, -0.25) is 20.4 Å². The van der Waals surface area contributed by atoms with Crippen LogP contribution >= 0.6 is 0 Å². The van der Waals surface area contributed by atoms with Gasteiger partial charge in [-0.2, -0.15) is 0 Å². The van der Waals surface area contributed by atoms with E-state index in [1.54, 1.807) is 51.1 Å². The second-order valence-electron chi connectivity index (χ2n) is 7.20. The Morgan fingerprint density at radius 1 is 0.893 bits per heavy atom. The van der Waals surface area contributed by atoms with Crippen LogP contribution < -0.4 is 16.2 Å². The fraction of sp³-hybridized carbons (Fsp3) is 0.286. The van der Waals surface area contributed by atoms with Crippen molar-refractivity contribution in [1.29, 1.82) is 0 Å². The molecule has 2 aromatic carbocycles. The molecule has 0 aliphatic rings. The summed E-state index contributed by atoms with van der Waals surface area (Å²) in [4.78, 5) is 36.8. The van der Waals surface area contributed by atoms with Gasteiger partial charge < -0.3 is 10.1 Å². The van der Waals surface area contributed by atoms with E-state index in [1.165, 1.54) is 0 Å². The van der Waals surface area contributed by atoms with Crippen LogP contribution in [0.15, 0.2) is 60.7 Å². The molecular weight excluding hydrogens is 358 g/mol. The van der Waals surface area contributed by atoms with Crippen LogP contribution in [0.4, 0.5) is 4.79 Å². The van der Waals surface area contributed by atoms with Gasteiger partial charge in [0.25, 0.3) is 11.8 Å². The minimum atomic E-state index is -0.923. The van der Waals surface area contributed by atoms with Crippen molar-refractivity contribution in [2.45, 2.75) is 38.8 Å². The maximum Gasteiger partial charge on any atom is 0.408 e. The topological polar surface area (TPSA) is 96.5 Å². The van der Waals surface area contributed by atoms with Crippen LogP contribution in [0.2, 0.25) is 0 Å². The largest absolute Gasteiger partial charge is 0.444 e. The number of rotatable bonds is 5. The fourth-order valence-electron chi connectivity index (χ4n) is 2.38. The van der Waals surface area contributed by atoms with Gasteiger partial charge in [-0.05, 0) is 38.5 Å². The van der Waals surface area contributed by atoms with Crippen LogP contribution in [0.5, 0.6) is 0 Å². The highest BCUT2D eigenvalue weighted by atomic mass is 16.6. The van der Waals surface area contributed by atoms with Crippen LogP contribution in [0, 0.1) is 0 Å². The van der Waals surface area contributed by atoms with Crippen molar-refractivity contribution < 1.29 is 19.1 Å². The standard InChI is InChI=1S/C21H25N3O4/c1-21(2,3)28-20(27)22-17(14-15-10-6-4-7-11-15)19(26)24-23-18(25)16-12-8-5-9-13-16/h4-13,17H,14H2,1-3H3,(H,22,27)(H,23,25)(H,24,26). The van der Waals surface area contributed by atoms with Gasteiger partial charge in [0.1, 0.15) is 11.6 Å². The smallest absolute Gasteiger partial charge is 0.408 e. The molecule has 1 unspecified atom stereocenters. The number of nitrogens with one attached hydrogen (secondary N) is 3. The number of ether oxygens (including phenoxy) is 1. The monoisotopic (exact) mass is 383 g/mol. The lowest BCUT2D eigenvalue weighted by Gasteiger charge is -2.23. The lowest BCUT2D eigenvalue weighted by Crippen LogP contribution is -2.53. The van der Waals surface area contributed by atoms with E-state index in [9.17, 15) is 14.4 Å². The van der Waals surface area contributed by atoms with Crippen molar-refractivity contribution in [2.24, 2.45) is 0 Å². The van der Waals surface area contributed by atoms with Crippen LogP contribution in [0.25, 0.3) is 0 Å². The maximum absolute atomic E-state index is 12.6. The third-order valence-corrected chi connectivity index (χ3v) is 3.63. The lowest BCUT2D eigenvalue weighted by atomic mass is 10.1. The number of hydrogen-bond donors (Lipinski definition) is 3. The number of benzene rings is 2. The second-order valence-corrected chi connectivity index (χ2v) is 7.20. The van der Waals surface area contributed by atoms with E-state index in [1.807, 2.05) is 30.3 Å². The lowest BCUT2D eigenvalue weighted by molar-refractivity contribution is -0.124. The third-order valence-electron chi connectivity index (χ3n) is 3.63. The maximum atomic E-state index is 12.6. The number of carbonyl (C=O) groups is 3. The first kappa shape index (κ1) is 21.0. The Balaban J connectivity index is 2.03. The summed E-state index contributed by atoms with van der Waals surface area (Å²) in [6, 6.07) is 16.8. The van der Waals surface area contributed by atoms with Gasteiger partial charge in [-0.25, -0.2) is 4.79 Å². The van der Waals surface area contributed by atoms with Crippen LogP contribution in [-0.4, -0.2) is 29.6 Å². The molecule has 0 aliphatic carbocycles. The van der Waals surface area contributed by atoms with Crippen LogP contribution in [0.1, 0.15) is 36.7 Å². The number of hydrazine groups is 1. The molecule has 7 heteroatoms. The summed E-state index contributed by atoms with van der Waals surface area (Å²) in [5.41, 5.74) is 5.28. The molecule has 0 bridgehead atoms. The summed E-state index contributed by atoms with van der Waals surface area (Å²) in [5.74, 6) is -1.01. The molecule has 1 atom stereocenters. The highest BCUT2D eigenvalue weighted by molar-refractivity contribution is 5.96. The summed E-state index contributed by atoms with van der Waals surface area (Å²) in [6.45, 7) is 5.21. The van der Waals surface area contributed by atoms with Crippen molar-refractivity contribution in [3.8, 4) is 0 Å². The molecule has 0 fully saturated rings. The molecule has 0 aliphatic heterocycles. The first-order valence-electron chi connectivity index (χ1n) is 8.93. The SMILES string of the molecule is CC(C)(C)OC(=O)NC(Cc1ccccc1)C(=O)NNC(=O)c1ccccc1. The summed E-state index contributed by atoms with van der Waals surface area (Å²) in [5, 5.41) is 2.56. The Hall–Kier alpha value is -3.35. The highest BCUT2D eigenvalue weighted by Crippen LogP contribution is 2.08. The van der Waals surface area contributed by atoms with Crippen molar-refractivity contribution in [2.75, 3.05) is 0 Å². The Labute approximate surface area is 164 Å². The molecule has 0 saturated heterocycles. The first-order valence-corrected chi connectivity index (χ1v) is 8.93. The second kappa shape index (κ2) is 9.55. The molecule has 3 amide bonds. The van der Waals surface area contributed by atoms with E-state index in [2.05, 4.69) is 16.2 Å². The Morgan fingerprint density at radius 3 is 2.04 bits per heavy atom. The van der Waals surface area contributed by atoms with Gasteiger partial charge >= 0.3 is 6.09 Å². The van der Waals surface area contributed by atoms with Gasteiger partial charge in [0.15, 0.2) is 0 Å². The van der Waals surface area contributed by atoms with Crippen molar-refractivity contribution in [1.82, 2.24) is 16.2 Å². The molecule has 0 saturated carbocycles. The summed E-state index contributed by atoms with van der Waals surface area (Å²) in [6.07, 6.45) is -0.467. The van der Waals surface area contributed by atoms with E-state index in [4.69, 9.17) is 4.74 Å². The van der Waals surface area contributed by atoms with Crippen molar-refractivity contribution in [3.05, 3.63) is 71.8 Å². The molecule has 2 rings (SSSR count). The third kappa shape index (κ3) is 7.11. The molecule has 2 aromatic rings. The molecule has 0 aromatic heterocycles. The van der Waals surface area contributed by atoms with Gasteiger partial charge in [0, 0.05) is 12.0 Å². The van der Waals surface area contributed by atoms with E-state index in [-0.39, 0.29) is 6.42 Å².